The molecule has 0 saturated heterocycles. The van der Waals surface area contributed by atoms with Crippen LogP contribution in [-0.4, -0.2) is 97.5 Å². The zero-order chi connectivity index (χ0) is 31.6. The number of hydrogen-bond donors (Lipinski definition) is 1. The minimum atomic E-state index is -2.98. The van der Waals surface area contributed by atoms with Gasteiger partial charge in [0.15, 0.2) is 16.6 Å². The smallest absolute Gasteiger partial charge is 0.330 e. The van der Waals surface area contributed by atoms with Gasteiger partial charge >= 0.3 is 7.60 Å². The van der Waals surface area contributed by atoms with Crippen LogP contribution in [0.4, 0.5) is 0 Å². The van der Waals surface area contributed by atoms with Crippen LogP contribution in [0.15, 0.2) is 0 Å². The van der Waals surface area contributed by atoms with Crippen molar-refractivity contribution in [3.8, 4) is 0 Å². The fraction of sp³-hybridized carbons (Fsp3) is 0.963. The summed E-state index contributed by atoms with van der Waals surface area (Å²) in [6.45, 7) is 17.3. The maximum Gasteiger partial charge on any atom is 0.330 e. The predicted molar refractivity (Wildman–Crippen MR) is 177 cm³/mol. The van der Waals surface area contributed by atoms with Gasteiger partial charge in [-0.3, -0.25) is 9.36 Å². The average Bonchev–Trinajstić information content (AvgIpc) is 2.85. The topological polar surface area (TPSA) is 108 Å². The van der Waals surface area contributed by atoms with Gasteiger partial charge in [0.25, 0.3) is 17.4 Å². The number of rotatable bonds is 26. The maximum atomic E-state index is 12.7. The van der Waals surface area contributed by atoms with Crippen molar-refractivity contribution in [2.45, 2.75) is 115 Å². The first-order valence-electron chi connectivity index (χ1n) is 15.7. The molecule has 0 rings (SSSR count). The van der Waals surface area contributed by atoms with Crippen LogP contribution >= 0.6 is 7.60 Å². The molecule has 0 radical (unpaired) electrons. The summed E-state index contributed by atoms with van der Waals surface area (Å²) in [5.74, 6) is 0.0731. The van der Waals surface area contributed by atoms with Crippen molar-refractivity contribution in [3.63, 3.8) is 0 Å². The lowest BCUT2D eigenvalue weighted by Gasteiger charge is -2.37. The fourth-order valence-electron chi connectivity index (χ4n) is 5.07. The highest BCUT2D eigenvalue weighted by Crippen LogP contribution is 2.48. The molecule has 0 aliphatic carbocycles. The van der Waals surface area contributed by atoms with E-state index < -0.39 is 41.6 Å². The summed E-state index contributed by atoms with van der Waals surface area (Å²) < 4.78 is 56.4. The van der Waals surface area contributed by atoms with E-state index in [1.54, 1.807) is 0 Å². The van der Waals surface area contributed by atoms with Crippen LogP contribution in [0.3, 0.4) is 0 Å². The summed E-state index contributed by atoms with van der Waals surface area (Å²) in [7, 11) is -6.38. The van der Waals surface area contributed by atoms with E-state index >= 15 is 0 Å². The molecule has 0 fully saturated rings. The van der Waals surface area contributed by atoms with Crippen molar-refractivity contribution in [2.75, 3.05) is 53.1 Å². The standard InChI is InChI=1S/C27H61N2O7PSi4/c1-10-34-37(31,35-11-2)23-18-22-29(5,6)21-16-14-15-19-27(30)28-20-17-24-41(25-38(32)12-3,26-39(33)13-4)36-40(7,8)9/h10-26H2,1-9H3/p+1. The lowest BCUT2D eigenvalue weighted by molar-refractivity contribution is -0.890. The Bertz CT molecular complexity index is 813. The number of nitrogens with zero attached hydrogens (tertiary/aromatic N) is 1. The van der Waals surface area contributed by atoms with Crippen molar-refractivity contribution < 1.29 is 35.9 Å². The zero-order valence-corrected chi connectivity index (χ0v) is 32.7. The summed E-state index contributed by atoms with van der Waals surface area (Å²) in [4.78, 5) is 12.5. The molecule has 0 bridgehead atoms. The molecule has 9 nitrogen and oxygen atoms in total. The molecule has 1 N–H and O–H groups in total. The van der Waals surface area contributed by atoms with Gasteiger partial charge in [-0.25, -0.2) is 0 Å². The third-order valence-electron chi connectivity index (χ3n) is 7.00. The second kappa shape index (κ2) is 20.9. The van der Waals surface area contributed by atoms with Gasteiger partial charge in [-0.1, -0.05) is 13.8 Å². The molecule has 0 saturated carbocycles. The van der Waals surface area contributed by atoms with Crippen molar-refractivity contribution in [3.05, 3.63) is 0 Å². The van der Waals surface area contributed by atoms with Crippen LogP contribution in [0, 0.1) is 0 Å². The second-order valence-electron chi connectivity index (χ2n) is 12.7. The van der Waals surface area contributed by atoms with Crippen LogP contribution in [0.1, 0.15) is 66.2 Å². The number of quaternary nitrogens is 1. The number of carbonyl (C=O) groups excluding carboxylic acids is 1. The van der Waals surface area contributed by atoms with Crippen molar-refractivity contribution in [1.29, 1.82) is 0 Å². The molecule has 0 aromatic carbocycles. The second-order valence-corrected chi connectivity index (χ2v) is 29.2. The van der Waals surface area contributed by atoms with Gasteiger partial charge in [-0.2, -0.15) is 0 Å². The van der Waals surface area contributed by atoms with Crippen molar-refractivity contribution in [2.24, 2.45) is 0 Å². The van der Waals surface area contributed by atoms with Crippen LogP contribution < -0.4 is 5.32 Å². The summed E-state index contributed by atoms with van der Waals surface area (Å²) >= 11 is 0. The normalized spacial score (nSPS) is 12.9. The number of amides is 1. The molecule has 0 aliphatic rings. The summed E-state index contributed by atoms with van der Waals surface area (Å²) in [6.07, 6.45) is 5.40. The average molecular weight is 670 g/mol. The Balaban J connectivity index is 4.56. The Kier molecular flexibility index (Phi) is 20.9. The van der Waals surface area contributed by atoms with Gasteiger partial charge in [0.2, 0.25) is 5.91 Å². The van der Waals surface area contributed by atoms with E-state index in [0.29, 0.717) is 55.8 Å². The molecule has 0 aromatic heterocycles. The molecule has 242 valence electrons. The van der Waals surface area contributed by atoms with Gasteiger partial charge in [0.1, 0.15) is 0 Å². The number of nitrogens with one attached hydrogen (secondary N) is 1. The van der Waals surface area contributed by atoms with E-state index in [1.165, 1.54) is 0 Å². The Labute approximate surface area is 256 Å². The third kappa shape index (κ3) is 20.6. The van der Waals surface area contributed by atoms with E-state index in [9.17, 15) is 18.3 Å². The van der Waals surface area contributed by atoms with Crippen LogP contribution in [0.25, 0.3) is 0 Å². The SMILES string of the molecule is CCOP(=O)(CCC[N+](C)(C)CCCCCC(=O)NCCC[Si](C[Si](=O)CC)(C[Si](=O)CC)O[Si](C)(C)C)OCC. The highest BCUT2D eigenvalue weighted by molar-refractivity contribution is 7.53. The summed E-state index contributed by atoms with van der Waals surface area (Å²) in [6, 6.07) is 2.14. The first kappa shape index (κ1) is 41.0. The summed E-state index contributed by atoms with van der Waals surface area (Å²) in [5, 5.41) is 3.07. The molecular formula is C27H62N2O7PSi4+. The van der Waals surface area contributed by atoms with E-state index in [4.69, 9.17) is 13.2 Å². The highest BCUT2D eigenvalue weighted by atomic mass is 31.2. The van der Waals surface area contributed by atoms with E-state index in [2.05, 4.69) is 39.1 Å². The Morgan fingerprint density at radius 2 is 1.37 bits per heavy atom. The number of carbonyl (C=O) groups is 1. The van der Waals surface area contributed by atoms with Gasteiger partial charge in [0.05, 0.1) is 46.6 Å². The minimum absolute atomic E-state index is 0.0731. The van der Waals surface area contributed by atoms with E-state index in [-0.39, 0.29) is 5.91 Å². The molecule has 0 spiro atoms. The van der Waals surface area contributed by atoms with Gasteiger partial charge < -0.3 is 31.9 Å². The Morgan fingerprint density at radius 1 is 0.829 bits per heavy atom. The Hall–Kier alpha value is 0.00753. The molecular weight excluding hydrogens is 608 g/mol. The van der Waals surface area contributed by atoms with Crippen LogP contribution in [0.5, 0.6) is 0 Å². The molecule has 0 aromatic rings. The number of unbranched alkanes of at least 4 members (excludes halogenated alkanes) is 2. The lowest BCUT2D eigenvalue weighted by atomic mass is 10.1. The predicted octanol–water partition coefficient (Wildman–Crippen LogP) is 6.54. The van der Waals surface area contributed by atoms with E-state index in [1.807, 2.05) is 27.7 Å². The lowest BCUT2D eigenvalue weighted by Crippen LogP contribution is -2.50. The van der Waals surface area contributed by atoms with Gasteiger partial charge in [-0.05, 0) is 77.3 Å². The quantitative estimate of drug-likeness (QED) is 0.0482. The Morgan fingerprint density at radius 3 is 1.85 bits per heavy atom. The molecule has 41 heavy (non-hydrogen) atoms. The van der Waals surface area contributed by atoms with E-state index in [0.717, 1.165) is 55.7 Å². The largest absolute Gasteiger partial charge is 0.455 e. The first-order chi connectivity index (χ1) is 19.0. The molecule has 14 heteroatoms. The zero-order valence-electron chi connectivity index (χ0n) is 27.8. The van der Waals surface area contributed by atoms with Gasteiger partial charge in [-0.15, -0.1) is 0 Å². The van der Waals surface area contributed by atoms with Gasteiger partial charge in [0, 0.05) is 30.7 Å². The van der Waals surface area contributed by atoms with Crippen LogP contribution in [-0.2, 0) is 31.4 Å². The molecule has 0 atom stereocenters. The monoisotopic (exact) mass is 669 g/mol. The number of hydrogen-bond acceptors (Lipinski definition) is 7. The van der Waals surface area contributed by atoms with Crippen molar-refractivity contribution >= 4 is 47.5 Å². The highest BCUT2D eigenvalue weighted by Gasteiger charge is 2.42. The molecule has 1 amide bonds. The fourth-order valence-corrected chi connectivity index (χ4v) is 25.8. The maximum absolute atomic E-state index is 12.7. The molecule has 0 aliphatic heterocycles. The third-order valence-corrected chi connectivity index (χ3v) is 24.5. The minimum Gasteiger partial charge on any atom is -0.455 e. The first-order valence-corrected chi connectivity index (χ1v) is 27.1. The molecule has 0 heterocycles. The van der Waals surface area contributed by atoms with Crippen LogP contribution in [0.2, 0.25) is 49.1 Å². The molecule has 0 unspecified atom stereocenters. The summed E-state index contributed by atoms with van der Waals surface area (Å²) in [5.41, 5.74) is 1.24. The van der Waals surface area contributed by atoms with Crippen molar-refractivity contribution in [1.82, 2.24) is 5.32 Å².